The number of aliphatic hydroxyl groups excluding tert-OH is 1. The molecule has 286 valence electrons. The van der Waals surface area contributed by atoms with Gasteiger partial charge in [-0.05, 0) is 51.4 Å². The predicted molar refractivity (Wildman–Crippen MR) is 207 cm³/mol. The van der Waals surface area contributed by atoms with Crippen LogP contribution in [0, 0.1) is 0 Å². The fourth-order valence-electron chi connectivity index (χ4n) is 5.44. The molecule has 0 saturated heterocycles. The molecular weight excluding hydrogens is 635 g/mol. The van der Waals surface area contributed by atoms with Crippen molar-refractivity contribution in [2.45, 2.75) is 180 Å². The van der Waals surface area contributed by atoms with Crippen molar-refractivity contribution in [2.75, 3.05) is 19.8 Å². The molecular formula is C40H75N2O6P. The lowest BCUT2D eigenvalue weighted by Gasteiger charge is -2.23. The van der Waals surface area contributed by atoms with Crippen LogP contribution in [-0.2, 0) is 18.4 Å². The second-order valence-electron chi connectivity index (χ2n) is 13.1. The molecule has 0 aliphatic rings. The van der Waals surface area contributed by atoms with Crippen LogP contribution in [0.15, 0.2) is 48.6 Å². The summed E-state index contributed by atoms with van der Waals surface area (Å²) >= 11 is 0. The van der Waals surface area contributed by atoms with Gasteiger partial charge in [0.25, 0.3) is 0 Å². The van der Waals surface area contributed by atoms with E-state index in [1.807, 2.05) is 6.08 Å². The minimum Gasteiger partial charge on any atom is -0.387 e. The molecule has 3 unspecified atom stereocenters. The fourth-order valence-corrected chi connectivity index (χ4v) is 6.20. The van der Waals surface area contributed by atoms with Gasteiger partial charge in [-0.1, -0.05) is 159 Å². The number of carbonyl (C=O) groups is 1. The lowest BCUT2D eigenvalue weighted by atomic mass is 10.0. The second-order valence-corrected chi connectivity index (χ2v) is 14.6. The molecule has 0 rings (SSSR count). The van der Waals surface area contributed by atoms with E-state index in [0.717, 1.165) is 64.2 Å². The van der Waals surface area contributed by atoms with Gasteiger partial charge in [-0.25, -0.2) is 4.57 Å². The topological polar surface area (TPSA) is 131 Å². The Kier molecular flexibility index (Phi) is 35.1. The summed E-state index contributed by atoms with van der Waals surface area (Å²) in [6.07, 6.45) is 43.0. The van der Waals surface area contributed by atoms with E-state index in [2.05, 4.69) is 55.6 Å². The number of amides is 1. The number of carbonyl (C=O) groups excluding carboxylic acids is 1. The number of hydrogen-bond donors (Lipinski definition) is 4. The molecule has 0 bridgehead atoms. The highest BCUT2D eigenvalue weighted by molar-refractivity contribution is 7.47. The molecule has 0 radical (unpaired) electrons. The van der Waals surface area contributed by atoms with Crippen molar-refractivity contribution in [1.82, 2.24) is 5.32 Å². The van der Waals surface area contributed by atoms with Crippen LogP contribution >= 0.6 is 7.82 Å². The van der Waals surface area contributed by atoms with Gasteiger partial charge >= 0.3 is 7.82 Å². The highest BCUT2D eigenvalue weighted by atomic mass is 31.2. The van der Waals surface area contributed by atoms with Crippen LogP contribution in [0.4, 0.5) is 0 Å². The summed E-state index contributed by atoms with van der Waals surface area (Å²) in [6.45, 7) is 3.98. The Bertz CT molecular complexity index is 907. The van der Waals surface area contributed by atoms with Gasteiger partial charge in [0.1, 0.15) is 0 Å². The first-order chi connectivity index (χ1) is 23.9. The van der Waals surface area contributed by atoms with Gasteiger partial charge in [-0.2, -0.15) is 0 Å². The van der Waals surface area contributed by atoms with Crippen molar-refractivity contribution >= 4 is 13.7 Å². The largest absolute Gasteiger partial charge is 0.472 e. The molecule has 0 spiro atoms. The number of aliphatic hydroxyl groups is 1. The van der Waals surface area contributed by atoms with Crippen LogP contribution in [-0.4, -0.2) is 47.8 Å². The van der Waals surface area contributed by atoms with Gasteiger partial charge in [0.15, 0.2) is 0 Å². The molecule has 0 aromatic heterocycles. The molecule has 1 amide bonds. The molecule has 8 nitrogen and oxygen atoms in total. The third-order valence-corrected chi connectivity index (χ3v) is 9.39. The van der Waals surface area contributed by atoms with E-state index in [9.17, 15) is 19.4 Å². The van der Waals surface area contributed by atoms with Crippen molar-refractivity contribution in [3.63, 3.8) is 0 Å². The molecule has 0 fully saturated rings. The van der Waals surface area contributed by atoms with Crippen molar-refractivity contribution in [3.05, 3.63) is 48.6 Å². The van der Waals surface area contributed by atoms with Gasteiger partial charge < -0.3 is 21.1 Å². The van der Waals surface area contributed by atoms with Gasteiger partial charge in [0.2, 0.25) is 5.91 Å². The zero-order valence-electron chi connectivity index (χ0n) is 31.4. The smallest absolute Gasteiger partial charge is 0.387 e. The molecule has 0 heterocycles. The summed E-state index contributed by atoms with van der Waals surface area (Å²) in [4.78, 5) is 22.6. The number of nitrogens with two attached hydrogens (primary N) is 1. The summed E-state index contributed by atoms with van der Waals surface area (Å²) in [7, 11) is -4.34. The number of unbranched alkanes of at least 4 members (excludes halogenated alkanes) is 18. The maximum Gasteiger partial charge on any atom is 0.472 e. The van der Waals surface area contributed by atoms with Gasteiger partial charge in [0, 0.05) is 13.0 Å². The normalized spacial score (nSPS) is 14.8. The van der Waals surface area contributed by atoms with E-state index < -0.39 is 20.0 Å². The van der Waals surface area contributed by atoms with Crippen LogP contribution in [0.25, 0.3) is 0 Å². The summed E-state index contributed by atoms with van der Waals surface area (Å²) in [6, 6.07) is -0.875. The number of nitrogens with one attached hydrogen (secondary N) is 1. The lowest BCUT2D eigenvalue weighted by molar-refractivity contribution is -0.123. The Hall–Kier alpha value is -1.54. The third kappa shape index (κ3) is 34.7. The third-order valence-electron chi connectivity index (χ3n) is 8.41. The predicted octanol–water partition coefficient (Wildman–Crippen LogP) is 10.6. The number of hydrogen-bond acceptors (Lipinski definition) is 6. The van der Waals surface area contributed by atoms with Gasteiger partial charge in [0.05, 0.1) is 25.4 Å². The van der Waals surface area contributed by atoms with Crippen molar-refractivity contribution in [1.29, 1.82) is 0 Å². The van der Waals surface area contributed by atoms with E-state index in [1.54, 1.807) is 6.08 Å². The standard InChI is InChI=1S/C40H75N2O6P/c1-3-5-7-9-11-13-15-17-18-19-20-22-23-25-27-29-31-33-39(43)38(37-48-49(45,46)47-36-35-41)42-40(44)34-32-30-28-26-24-21-16-14-12-10-8-6-4-2/h6,8,12,14,21,24,31,33,38-39,43H,3-5,7,9-11,13,15-20,22-23,25-30,32,34-37,41H2,1-2H3,(H,42,44)(H,45,46)/b8-6-,14-12-,24-21-,33-31+. The lowest BCUT2D eigenvalue weighted by Crippen LogP contribution is -2.45. The summed E-state index contributed by atoms with van der Waals surface area (Å²) in [5.74, 6) is -0.225. The van der Waals surface area contributed by atoms with E-state index >= 15 is 0 Å². The minimum atomic E-state index is -4.34. The highest BCUT2D eigenvalue weighted by Crippen LogP contribution is 2.43. The Balaban J connectivity index is 4.33. The zero-order chi connectivity index (χ0) is 36.1. The molecule has 0 saturated carbocycles. The molecule has 0 aliphatic heterocycles. The van der Waals surface area contributed by atoms with Crippen molar-refractivity contribution in [2.24, 2.45) is 5.73 Å². The van der Waals surface area contributed by atoms with Crippen LogP contribution in [0.3, 0.4) is 0 Å². The van der Waals surface area contributed by atoms with Crippen molar-refractivity contribution in [3.8, 4) is 0 Å². The quantitative estimate of drug-likeness (QED) is 0.0289. The van der Waals surface area contributed by atoms with Crippen LogP contribution < -0.4 is 11.1 Å². The van der Waals surface area contributed by atoms with Crippen LogP contribution in [0.2, 0.25) is 0 Å². The molecule has 0 aromatic carbocycles. The van der Waals surface area contributed by atoms with E-state index in [4.69, 9.17) is 14.8 Å². The Morgan fingerprint density at radius 1 is 0.694 bits per heavy atom. The fraction of sp³-hybridized carbons (Fsp3) is 0.775. The number of phosphoric acid groups is 1. The summed E-state index contributed by atoms with van der Waals surface area (Å²) < 4.78 is 22.0. The maximum atomic E-state index is 12.7. The van der Waals surface area contributed by atoms with Crippen molar-refractivity contribution < 1.29 is 28.4 Å². The molecule has 49 heavy (non-hydrogen) atoms. The first-order valence-corrected chi connectivity index (χ1v) is 21.3. The molecule has 3 atom stereocenters. The first-order valence-electron chi connectivity index (χ1n) is 19.8. The van der Waals surface area contributed by atoms with Gasteiger partial charge in [-0.3, -0.25) is 13.8 Å². The number of phosphoric ester groups is 1. The van der Waals surface area contributed by atoms with Gasteiger partial charge in [-0.15, -0.1) is 0 Å². The first kappa shape index (κ1) is 47.5. The minimum absolute atomic E-state index is 0.0720. The Morgan fingerprint density at radius 3 is 1.73 bits per heavy atom. The average molecular weight is 711 g/mol. The highest BCUT2D eigenvalue weighted by Gasteiger charge is 2.26. The monoisotopic (exact) mass is 711 g/mol. The zero-order valence-corrected chi connectivity index (χ0v) is 32.3. The SMILES string of the molecule is CC/C=C\C/C=C\C/C=C\CCCCCC(=O)NC(COP(=O)(O)OCCN)C(O)/C=C/CCCCCCCCCCCCCCCCC. The Labute approximate surface area is 301 Å². The number of allylic oxidation sites excluding steroid dienone is 7. The number of rotatable bonds is 36. The molecule has 5 N–H and O–H groups in total. The summed E-state index contributed by atoms with van der Waals surface area (Å²) in [5.41, 5.74) is 5.36. The molecule has 0 aliphatic carbocycles. The molecule has 0 aromatic rings. The van der Waals surface area contributed by atoms with E-state index in [1.165, 1.54) is 83.5 Å². The van der Waals surface area contributed by atoms with Crippen LogP contribution in [0.5, 0.6) is 0 Å². The average Bonchev–Trinajstić information content (AvgIpc) is 3.09. The summed E-state index contributed by atoms with van der Waals surface area (Å²) in [5, 5.41) is 13.6. The Morgan fingerprint density at radius 2 is 1.18 bits per heavy atom. The molecule has 9 heteroatoms. The maximum absolute atomic E-state index is 12.7. The van der Waals surface area contributed by atoms with Crippen LogP contribution in [0.1, 0.15) is 168 Å². The van der Waals surface area contributed by atoms with E-state index in [0.29, 0.717) is 6.42 Å². The van der Waals surface area contributed by atoms with E-state index in [-0.39, 0.29) is 25.7 Å². The second kappa shape index (κ2) is 36.3.